The number of aliphatic imine (C=N–C) groups is 2. The molecule has 1 heterocycles. The lowest BCUT2D eigenvalue weighted by Gasteiger charge is -2.15. The average Bonchev–Trinajstić information content (AvgIpc) is 2.97. The maximum atomic E-state index is 4.96. The van der Waals surface area contributed by atoms with Crippen molar-refractivity contribution in [3.05, 3.63) is 114 Å². The Bertz CT molecular complexity index is 1540. The molecule has 0 spiro atoms. The van der Waals surface area contributed by atoms with Gasteiger partial charge in [0.15, 0.2) is 23.3 Å². The van der Waals surface area contributed by atoms with E-state index in [1.54, 1.807) is 0 Å². The second-order valence-corrected chi connectivity index (χ2v) is 9.36. The first kappa shape index (κ1) is 25.2. The Kier molecular flexibility index (Phi) is 7.74. The molecule has 0 saturated heterocycles. The van der Waals surface area contributed by atoms with Crippen molar-refractivity contribution in [1.82, 2.24) is 15.0 Å². The number of hydrogen-bond donors (Lipinski definition) is 0. The fourth-order valence-corrected chi connectivity index (χ4v) is 4.43. The van der Waals surface area contributed by atoms with Crippen LogP contribution in [0.4, 0.5) is 0 Å². The van der Waals surface area contributed by atoms with Crippen molar-refractivity contribution in [2.24, 2.45) is 9.98 Å². The highest BCUT2D eigenvalue weighted by molar-refractivity contribution is 6.06. The van der Waals surface area contributed by atoms with Crippen LogP contribution in [0.15, 0.2) is 107 Å². The van der Waals surface area contributed by atoms with Crippen LogP contribution in [-0.2, 0) is 0 Å². The van der Waals surface area contributed by atoms with Gasteiger partial charge in [-0.25, -0.2) is 19.9 Å². The minimum atomic E-state index is 0.641. The van der Waals surface area contributed by atoms with E-state index in [0.717, 1.165) is 46.7 Å². The fraction of sp³-hybridized carbons (Fsp3) is 0.182. The van der Waals surface area contributed by atoms with Crippen molar-refractivity contribution in [1.29, 1.82) is 0 Å². The molecule has 38 heavy (non-hydrogen) atoms. The molecule has 1 aliphatic carbocycles. The standard InChI is InChI=1S/C33H31N5/c1-4-34-30(35-23(2)3)28-16-11-17-29(22-28)33-37-31(26-14-9-6-10-15-26)36-32(38-33)27-20-18-25(19-21-27)24-12-7-5-8-13-24/h5-18,20,22H,4,19,21H2,1-3H3/b34-30-. The molecule has 0 bridgehead atoms. The topological polar surface area (TPSA) is 63.4 Å². The predicted octanol–water partition coefficient (Wildman–Crippen LogP) is 7.71. The molecule has 5 nitrogen and oxygen atoms in total. The number of aromatic nitrogens is 3. The van der Waals surface area contributed by atoms with E-state index in [1.807, 2.05) is 75.4 Å². The Balaban J connectivity index is 1.59. The molecule has 0 unspecified atom stereocenters. The second-order valence-electron chi connectivity index (χ2n) is 9.36. The Labute approximate surface area is 224 Å². The fourth-order valence-electron chi connectivity index (χ4n) is 4.43. The monoisotopic (exact) mass is 497 g/mol. The van der Waals surface area contributed by atoms with E-state index < -0.39 is 0 Å². The highest BCUT2D eigenvalue weighted by Gasteiger charge is 2.17. The van der Waals surface area contributed by atoms with Gasteiger partial charge in [0.05, 0.1) is 0 Å². The SMILES string of the molecule is CC/N=C(\N=C(C)C)c1cccc(-c2nc(C3=CC=C(c4ccccc4)CC3)nc(-c3ccccc3)n2)c1. The minimum Gasteiger partial charge on any atom is -0.267 e. The maximum Gasteiger partial charge on any atom is 0.164 e. The molecule has 0 fully saturated rings. The lowest BCUT2D eigenvalue weighted by molar-refractivity contribution is 0.985. The number of amidine groups is 1. The molecule has 0 amide bonds. The molecule has 4 aromatic rings. The highest BCUT2D eigenvalue weighted by atomic mass is 15.0. The van der Waals surface area contributed by atoms with Crippen molar-refractivity contribution in [2.75, 3.05) is 6.54 Å². The molecular formula is C33H31N5. The Hall–Kier alpha value is -4.51. The predicted molar refractivity (Wildman–Crippen MR) is 158 cm³/mol. The van der Waals surface area contributed by atoms with Crippen molar-refractivity contribution in [3.8, 4) is 22.8 Å². The second kappa shape index (κ2) is 11.7. The van der Waals surface area contributed by atoms with Gasteiger partial charge in [0, 0.05) is 28.9 Å². The first-order valence-electron chi connectivity index (χ1n) is 13.0. The van der Waals surface area contributed by atoms with Gasteiger partial charge in [-0.1, -0.05) is 91.0 Å². The van der Waals surface area contributed by atoms with Crippen LogP contribution in [0.3, 0.4) is 0 Å². The molecule has 0 N–H and O–H groups in total. The number of rotatable bonds is 6. The van der Waals surface area contributed by atoms with Crippen LogP contribution >= 0.6 is 0 Å². The molecule has 0 atom stereocenters. The molecular weight excluding hydrogens is 466 g/mol. The quantitative estimate of drug-likeness (QED) is 0.202. The van der Waals surface area contributed by atoms with E-state index in [2.05, 4.69) is 52.5 Å². The van der Waals surface area contributed by atoms with Gasteiger partial charge in [0.1, 0.15) is 0 Å². The third-order valence-electron chi connectivity index (χ3n) is 6.26. The van der Waals surface area contributed by atoms with Gasteiger partial charge in [0.25, 0.3) is 0 Å². The number of hydrogen-bond acceptors (Lipinski definition) is 4. The largest absolute Gasteiger partial charge is 0.267 e. The first-order valence-corrected chi connectivity index (χ1v) is 13.0. The third kappa shape index (κ3) is 5.89. The minimum absolute atomic E-state index is 0.641. The van der Waals surface area contributed by atoms with Crippen molar-refractivity contribution < 1.29 is 0 Å². The smallest absolute Gasteiger partial charge is 0.164 e. The molecule has 0 aliphatic heterocycles. The Morgan fingerprint density at radius 1 is 0.658 bits per heavy atom. The first-order chi connectivity index (χ1) is 18.6. The van der Waals surface area contributed by atoms with Gasteiger partial charge in [0.2, 0.25) is 0 Å². The molecule has 3 aromatic carbocycles. The molecule has 0 saturated carbocycles. The van der Waals surface area contributed by atoms with Gasteiger partial charge >= 0.3 is 0 Å². The Morgan fingerprint density at radius 2 is 1.24 bits per heavy atom. The normalized spacial score (nSPS) is 13.5. The number of allylic oxidation sites excluding steroid dienone is 4. The summed E-state index contributed by atoms with van der Waals surface area (Å²) in [6.45, 7) is 6.64. The zero-order chi connectivity index (χ0) is 26.3. The highest BCUT2D eigenvalue weighted by Crippen LogP contribution is 2.32. The molecule has 5 rings (SSSR count). The lowest BCUT2D eigenvalue weighted by atomic mass is 9.93. The Morgan fingerprint density at radius 3 is 1.87 bits per heavy atom. The van der Waals surface area contributed by atoms with E-state index in [4.69, 9.17) is 15.0 Å². The van der Waals surface area contributed by atoms with E-state index in [9.17, 15) is 0 Å². The van der Waals surface area contributed by atoms with Crippen LogP contribution in [-0.4, -0.2) is 33.0 Å². The van der Waals surface area contributed by atoms with Crippen LogP contribution in [0.2, 0.25) is 0 Å². The van der Waals surface area contributed by atoms with Crippen molar-refractivity contribution in [3.63, 3.8) is 0 Å². The van der Waals surface area contributed by atoms with Crippen LogP contribution in [0.25, 0.3) is 33.9 Å². The molecule has 0 radical (unpaired) electrons. The summed E-state index contributed by atoms with van der Waals surface area (Å²) in [5, 5.41) is 0. The summed E-state index contributed by atoms with van der Waals surface area (Å²) in [5.74, 6) is 2.75. The van der Waals surface area contributed by atoms with Crippen LogP contribution < -0.4 is 0 Å². The summed E-state index contributed by atoms with van der Waals surface area (Å²) in [7, 11) is 0. The number of benzene rings is 3. The van der Waals surface area contributed by atoms with Gasteiger partial charge in [-0.15, -0.1) is 0 Å². The summed E-state index contributed by atoms with van der Waals surface area (Å²) in [6.07, 6.45) is 6.16. The van der Waals surface area contributed by atoms with Crippen LogP contribution in [0.5, 0.6) is 0 Å². The summed E-state index contributed by atoms with van der Waals surface area (Å²) in [6, 6.07) is 28.8. The number of nitrogens with zero attached hydrogens (tertiary/aromatic N) is 5. The molecule has 1 aliphatic rings. The van der Waals surface area contributed by atoms with Gasteiger partial charge in [-0.05, 0) is 56.4 Å². The molecule has 5 heteroatoms. The van der Waals surface area contributed by atoms with E-state index in [-0.39, 0.29) is 0 Å². The average molecular weight is 498 g/mol. The van der Waals surface area contributed by atoms with Crippen LogP contribution in [0.1, 0.15) is 50.6 Å². The maximum absolute atomic E-state index is 4.96. The van der Waals surface area contributed by atoms with Gasteiger partial charge in [-0.3, -0.25) is 4.99 Å². The summed E-state index contributed by atoms with van der Waals surface area (Å²) >= 11 is 0. The summed E-state index contributed by atoms with van der Waals surface area (Å²) in [4.78, 5) is 24.0. The zero-order valence-corrected chi connectivity index (χ0v) is 22.1. The van der Waals surface area contributed by atoms with E-state index in [1.165, 1.54) is 11.1 Å². The van der Waals surface area contributed by atoms with E-state index in [0.29, 0.717) is 24.0 Å². The van der Waals surface area contributed by atoms with Gasteiger partial charge in [-0.2, -0.15) is 0 Å². The van der Waals surface area contributed by atoms with Crippen molar-refractivity contribution in [2.45, 2.75) is 33.6 Å². The third-order valence-corrected chi connectivity index (χ3v) is 6.26. The summed E-state index contributed by atoms with van der Waals surface area (Å²) in [5.41, 5.74) is 7.48. The van der Waals surface area contributed by atoms with E-state index >= 15 is 0 Å². The van der Waals surface area contributed by atoms with Gasteiger partial charge < -0.3 is 0 Å². The molecule has 188 valence electrons. The van der Waals surface area contributed by atoms with Crippen molar-refractivity contribution >= 4 is 22.7 Å². The molecule has 1 aromatic heterocycles. The zero-order valence-electron chi connectivity index (χ0n) is 22.1. The van der Waals surface area contributed by atoms with Crippen LogP contribution in [0, 0.1) is 0 Å². The summed E-state index contributed by atoms with van der Waals surface area (Å²) < 4.78 is 0. The lowest BCUT2D eigenvalue weighted by Crippen LogP contribution is -2.05.